The van der Waals surface area contributed by atoms with Crippen LogP contribution >= 0.6 is 0 Å². The van der Waals surface area contributed by atoms with Gasteiger partial charge in [0.25, 0.3) is 0 Å². The van der Waals surface area contributed by atoms with Crippen molar-refractivity contribution in [3.63, 3.8) is 0 Å². The van der Waals surface area contributed by atoms with Gasteiger partial charge in [-0.3, -0.25) is 4.79 Å². The van der Waals surface area contributed by atoms with Crippen molar-refractivity contribution in [3.8, 4) is 0 Å². The zero-order chi connectivity index (χ0) is 18.9. The second-order valence-corrected chi connectivity index (χ2v) is 7.17. The van der Waals surface area contributed by atoms with Gasteiger partial charge in [0.1, 0.15) is 11.4 Å². The fourth-order valence-corrected chi connectivity index (χ4v) is 2.27. The van der Waals surface area contributed by atoms with Crippen molar-refractivity contribution in [1.82, 2.24) is 10.6 Å². The van der Waals surface area contributed by atoms with Gasteiger partial charge < -0.3 is 20.5 Å². The number of aliphatic hydroxyl groups excluding tert-OH is 1. The van der Waals surface area contributed by atoms with E-state index in [-0.39, 0.29) is 12.3 Å². The molecular weight excluding hydrogens is 320 g/mol. The minimum absolute atomic E-state index is 0.0923. The number of ether oxygens (including phenoxy) is 1. The van der Waals surface area contributed by atoms with Crippen LogP contribution in [0.15, 0.2) is 30.3 Å². The van der Waals surface area contributed by atoms with E-state index < -0.39 is 23.8 Å². The Morgan fingerprint density at radius 2 is 1.84 bits per heavy atom. The first-order valence-corrected chi connectivity index (χ1v) is 8.59. The molecule has 1 amide bonds. The minimum atomic E-state index is -0.806. The zero-order valence-electron chi connectivity index (χ0n) is 15.5. The largest absolute Gasteiger partial charge is 0.444 e. The third kappa shape index (κ3) is 9.84. The Kier molecular flexibility index (Phi) is 8.58. The number of benzene rings is 1. The number of alkyl carbamates (subject to hydrolysis) is 1. The summed E-state index contributed by atoms with van der Waals surface area (Å²) in [5.74, 6) is 0.0923. The first-order chi connectivity index (χ1) is 11.7. The molecule has 0 bridgehead atoms. The third-order valence-corrected chi connectivity index (χ3v) is 3.47. The number of hydrogen-bond donors (Lipinski definition) is 3. The van der Waals surface area contributed by atoms with Gasteiger partial charge in [0.2, 0.25) is 0 Å². The lowest BCUT2D eigenvalue weighted by Gasteiger charge is -2.27. The van der Waals surface area contributed by atoms with Crippen LogP contribution in [0.2, 0.25) is 0 Å². The summed E-state index contributed by atoms with van der Waals surface area (Å²) in [6, 6.07) is 9.13. The van der Waals surface area contributed by atoms with E-state index in [1.807, 2.05) is 30.3 Å². The van der Waals surface area contributed by atoms with Crippen LogP contribution < -0.4 is 10.6 Å². The van der Waals surface area contributed by atoms with Gasteiger partial charge in [0.15, 0.2) is 0 Å². The fraction of sp³-hybridized carbons (Fsp3) is 0.579. The van der Waals surface area contributed by atoms with Crippen LogP contribution in [0.25, 0.3) is 0 Å². The van der Waals surface area contributed by atoms with Gasteiger partial charge in [0, 0.05) is 19.5 Å². The molecule has 0 saturated heterocycles. The van der Waals surface area contributed by atoms with E-state index in [9.17, 15) is 14.7 Å². The molecule has 1 rings (SSSR count). The maximum absolute atomic E-state index is 12.1. The van der Waals surface area contributed by atoms with Gasteiger partial charge in [-0.2, -0.15) is 0 Å². The Morgan fingerprint density at radius 1 is 1.20 bits per heavy atom. The summed E-state index contributed by atoms with van der Waals surface area (Å²) >= 11 is 0. The highest BCUT2D eigenvalue weighted by molar-refractivity contribution is 5.75. The molecular formula is C19H30N2O4. The molecule has 0 saturated carbocycles. The molecule has 2 atom stereocenters. The maximum atomic E-state index is 12.1. The van der Waals surface area contributed by atoms with Crippen molar-refractivity contribution < 1.29 is 19.4 Å². The number of Topliss-reactive ketones (excluding diaryl/α,β-unsaturated/α-hetero) is 1. The lowest BCUT2D eigenvalue weighted by Crippen LogP contribution is -2.50. The predicted octanol–water partition coefficient (Wildman–Crippen LogP) is 2.05. The summed E-state index contributed by atoms with van der Waals surface area (Å²) in [4.78, 5) is 23.0. The quantitative estimate of drug-likeness (QED) is 0.593. The van der Waals surface area contributed by atoms with Crippen LogP contribution in [0, 0.1) is 0 Å². The molecule has 25 heavy (non-hydrogen) atoms. The molecule has 0 aliphatic heterocycles. The highest BCUT2D eigenvalue weighted by Crippen LogP contribution is 2.10. The second-order valence-electron chi connectivity index (χ2n) is 7.17. The highest BCUT2D eigenvalue weighted by atomic mass is 16.6. The van der Waals surface area contributed by atoms with Gasteiger partial charge in [0.05, 0.1) is 12.1 Å². The number of rotatable bonds is 9. The number of hydrogen-bond acceptors (Lipinski definition) is 5. The minimum Gasteiger partial charge on any atom is -0.444 e. The lowest BCUT2D eigenvalue weighted by atomic mass is 10.0. The van der Waals surface area contributed by atoms with E-state index in [1.165, 1.54) is 6.92 Å². The van der Waals surface area contributed by atoms with Crippen LogP contribution in [0.5, 0.6) is 0 Å². The van der Waals surface area contributed by atoms with Crippen LogP contribution in [0.3, 0.4) is 0 Å². The molecule has 6 nitrogen and oxygen atoms in total. The van der Waals surface area contributed by atoms with E-state index in [2.05, 4.69) is 10.6 Å². The van der Waals surface area contributed by atoms with Crippen molar-refractivity contribution >= 4 is 11.9 Å². The molecule has 140 valence electrons. The number of amides is 1. The van der Waals surface area contributed by atoms with Crippen LogP contribution in [-0.4, -0.2) is 47.8 Å². The molecule has 0 spiro atoms. The topological polar surface area (TPSA) is 87.7 Å². The Hall–Kier alpha value is -1.92. The van der Waals surface area contributed by atoms with Crippen molar-refractivity contribution in [2.24, 2.45) is 0 Å². The first-order valence-electron chi connectivity index (χ1n) is 8.59. The molecule has 2 unspecified atom stereocenters. The summed E-state index contributed by atoms with van der Waals surface area (Å²) in [7, 11) is 0. The smallest absolute Gasteiger partial charge is 0.407 e. The van der Waals surface area contributed by atoms with Crippen LogP contribution in [0.1, 0.15) is 39.7 Å². The Morgan fingerprint density at radius 3 is 2.40 bits per heavy atom. The molecule has 0 radical (unpaired) electrons. The van der Waals surface area contributed by atoms with Gasteiger partial charge in [-0.15, -0.1) is 0 Å². The number of ketones is 1. The molecule has 0 heterocycles. The van der Waals surface area contributed by atoms with Crippen molar-refractivity contribution in [1.29, 1.82) is 0 Å². The second kappa shape index (κ2) is 10.2. The average Bonchev–Trinajstić information content (AvgIpc) is 2.49. The molecule has 3 N–H and O–H groups in total. The summed E-state index contributed by atoms with van der Waals surface area (Å²) < 4.78 is 5.29. The molecule has 0 aliphatic rings. The first kappa shape index (κ1) is 21.1. The normalized spacial score (nSPS) is 13.8. The van der Waals surface area contributed by atoms with E-state index >= 15 is 0 Å². The Bertz CT molecular complexity index is 540. The lowest BCUT2D eigenvalue weighted by molar-refractivity contribution is -0.116. The summed E-state index contributed by atoms with van der Waals surface area (Å²) in [6.45, 7) is 7.67. The van der Waals surface area contributed by atoms with Gasteiger partial charge in [-0.1, -0.05) is 30.3 Å². The van der Waals surface area contributed by atoms with Crippen molar-refractivity contribution in [2.75, 3.05) is 13.1 Å². The standard InChI is InChI=1S/C19H30N2O4/c1-14(22)10-11-20-13-17(23)16(12-15-8-6-5-7-9-15)21-18(24)25-19(2,3)4/h5-9,16-17,20,23H,10-13H2,1-4H3,(H,21,24). The fourth-order valence-electron chi connectivity index (χ4n) is 2.27. The average molecular weight is 350 g/mol. The monoisotopic (exact) mass is 350 g/mol. The molecule has 0 fully saturated rings. The number of carbonyl (C=O) groups excluding carboxylic acids is 2. The van der Waals surface area contributed by atoms with E-state index in [1.54, 1.807) is 20.8 Å². The SMILES string of the molecule is CC(=O)CCNCC(O)C(Cc1ccccc1)NC(=O)OC(C)(C)C. The number of aliphatic hydroxyl groups is 1. The highest BCUT2D eigenvalue weighted by Gasteiger charge is 2.24. The Labute approximate surface area is 150 Å². The van der Waals surface area contributed by atoms with Crippen LogP contribution in [0.4, 0.5) is 4.79 Å². The molecule has 0 aliphatic carbocycles. The van der Waals surface area contributed by atoms with E-state index in [0.29, 0.717) is 19.4 Å². The Balaban J connectivity index is 2.66. The van der Waals surface area contributed by atoms with Crippen LogP contribution in [-0.2, 0) is 16.0 Å². The van der Waals surface area contributed by atoms with Gasteiger partial charge in [-0.05, 0) is 39.7 Å². The summed E-state index contributed by atoms with van der Waals surface area (Å²) in [5.41, 5.74) is 0.401. The summed E-state index contributed by atoms with van der Waals surface area (Å²) in [6.07, 6.45) is -0.471. The molecule has 0 aromatic heterocycles. The summed E-state index contributed by atoms with van der Waals surface area (Å²) in [5, 5.41) is 16.3. The van der Waals surface area contributed by atoms with Gasteiger partial charge in [-0.25, -0.2) is 4.79 Å². The zero-order valence-corrected chi connectivity index (χ0v) is 15.5. The van der Waals surface area contributed by atoms with E-state index in [4.69, 9.17) is 4.74 Å². The van der Waals surface area contributed by atoms with Gasteiger partial charge >= 0.3 is 6.09 Å². The van der Waals surface area contributed by atoms with Crippen molar-refractivity contribution in [3.05, 3.63) is 35.9 Å². The predicted molar refractivity (Wildman–Crippen MR) is 97.5 cm³/mol. The van der Waals surface area contributed by atoms with Crippen molar-refractivity contribution in [2.45, 2.75) is 58.3 Å². The maximum Gasteiger partial charge on any atom is 0.407 e. The molecule has 1 aromatic rings. The number of carbonyl (C=O) groups is 2. The molecule has 6 heteroatoms. The molecule has 1 aromatic carbocycles. The number of nitrogens with one attached hydrogen (secondary N) is 2. The third-order valence-electron chi connectivity index (χ3n) is 3.47. The van der Waals surface area contributed by atoms with E-state index in [0.717, 1.165) is 5.56 Å².